The Morgan fingerprint density at radius 1 is 0.543 bits per heavy atom. The molecular formula is C43H35NO2. The molecule has 7 rings (SSSR count). The summed E-state index contributed by atoms with van der Waals surface area (Å²) in [6, 6.07) is 44.4. The number of phenols is 2. The molecule has 224 valence electrons. The first-order chi connectivity index (χ1) is 22.4. The van der Waals surface area contributed by atoms with Crippen molar-refractivity contribution in [2.75, 3.05) is 4.90 Å². The van der Waals surface area contributed by atoms with E-state index in [-0.39, 0.29) is 16.9 Å². The van der Waals surface area contributed by atoms with Crippen LogP contribution >= 0.6 is 0 Å². The van der Waals surface area contributed by atoms with Gasteiger partial charge in [-0.1, -0.05) is 123 Å². The molecule has 0 radical (unpaired) electrons. The molecule has 0 amide bonds. The lowest BCUT2D eigenvalue weighted by Crippen LogP contribution is -2.18. The summed E-state index contributed by atoms with van der Waals surface area (Å²) >= 11 is 0. The molecule has 0 fully saturated rings. The fourth-order valence-electron chi connectivity index (χ4n) is 6.45. The molecule has 0 saturated carbocycles. The Kier molecular flexibility index (Phi) is 7.52. The van der Waals surface area contributed by atoms with Crippen LogP contribution in [0.3, 0.4) is 0 Å². The number of hydrogen-bond acceptors (Lipinski definition) is 3. The predicted molar refractivity (Wildman–Crippen MR) is 192 cm³/mol. The minimum Gasteiger partial charge on any atom is -0.507 e. The largest absolute Gasteiger partial charge is 0.507 e. The van der Waals surface area contributed by atoms with Gasteiger partial charge in [0.05, 0.1) is 0 Å². The predicted octanol–water partition coefficient (Wildman–Crippen LogP) is 11.2. The third-order valence-corrected chi connectivity index (χ3v) is 8.79. The van der Waals surface area contributed by atoms with Gasteiger partial charge in [-0.3, -0.25) is 0 Å². The summed E-state index contributed by atoms with van der Waals surface area (Å²) in [6.45, 7) is 4.51. The average Bonchev–Trinajstić information content (AvgIpc) is 3.14. The van der Waals surface area contributed by atoms with Gasteiger partial charge >= 0.3 is 0 Å². The highest BCUT2D eigenvalue weighted by molar-refractivity contribution is 6.08. The normalized spacial score (nSPS) is 13.7. The van der Waals surface area contributed by atoms with Gasteiger partial charge < -0.3 is 15.1 Å². The molecule has 0 unspecified atom stereocenters. The van der Waals surface area contributed by atoms with Crippen LogP contribution in [0.5, 0.6) is 11.5 Å². The van der Waals surface area contributed by atoms with E-state index in [1.165, 1.54) is 11.1 Å². The van der Waals surface area contributed by atoms with Crippen LogP contribution in [0.2, 0.25) is 0 Å². The number of phenolic OH excluding ortho intramolecular Hbond substituents is 2. The van der Waals surface area contributed by atoms with Gasteiger partial charge in [0.2, 0.25) is 0 Å². The standard InChI is InChI=1S/C43H35NO2/c1-43(2)29-28-33(16-10-13-31-12-6-8-20-39(31)43)44(32-14-4-3-5-15-32)34-24-22-30(23-25-34)35-18-11-19-38-36(26-27-41(46)42(35)38)37-17-7-9-21-40(37)45/h3-29,45-46H,1-2H3. The Hall–Kier alpha value is -5.80. The van der Waals surface area contributed by atoms with Crippen LogP contribution in [-0.4, -0.2) is 10.2 Å². The number of aromatic hydroxyl groups is 2. The van der Waals surface area contributed by atoms with Crippen molar-refractivity contribution in [1.82, 2.24) is 0 Å². The number of allylic oxidation sites excluding steroid dienone is 4. The van der Waals surface area contributed by atoms with Crippen LogP contribution in [0.4, 0.5) is 11.4 Å². The molecule has 0 heterocycles. The Bertz CT molecular complexity index is 2140. The van der Waals surface area contributed by atoms with E-state index in [9.17, 15) is 10.2 Å². The van der Waals surface area contributed by atoms with Gasteiger partial charge in [-0.2, -0.15) is 0 Å². The van der Waals surface area contributed by atoms with Gasteiger partial charge in [0.1, 0.15) is 11.5 Å². The third-order valence-electron chi connectivity index (χ3n) is 8.79. The van der Waals surface area contributed by atoms with E-state index >= 15 is 0 Å². The molecule has 0 aliphatic heterocycles. The number of rotatable bonds is 5. The summed E-state index contributed by atoms with van der Waals surface area (Å²) < 4.78 is 0. The van der Waals surface area contributed by atoms with Gasteiger partial charge in [-0.05, 0) is 87.8 Å². The van der Waals surface area contributed by atoms with Gasteiger partial charge in [0.25, 0.3) is 0 Å². The fraction of sp³-hybridized carbons (Fsp3) is 0.0698. The van der Waals surface area contributed by atoms with Gasteiger partial charge in [-0.15, -0.1) is 0 Å². The van der Waals surface area contributed by atoms with E-state index in [4.69, 9.17) is 0 Å². The van der Waals surface area contributed by atoms with Crippen molar-refractivity contribution < 1.29 is 10.2 Å². The maximum absolute atomic E-state index is 11.1. The third kappa shape index (κ3) is 5.37. The lowest BCUT2D eigenvalue weighted by atomic mass is 9.81. The summed E-state index contributed by atoms with van der Waals surface area (Å²) in [7, 11) is 0. The Balaban J connectivity index is 1.32. The number of benzene rings is 6. The summed E-state index contributed by atoms with van der Waals surface area (Å²) in [5, 5.41) is 23.3. The molecule has 6 aromatic rings. The van der Waals surface area contributed by atoms with Crippen LogP contribution < -0.4 is 4.90 Å². The van der Waals surface area contributed by atoms with Gasteiger partial charge in [0, 0.05) is 33.4 Å². The SMILES string of the molecule is CC1(C)C=CC(N(c2ccccc2)c2ccc(-c3cccc4c(-c5ccccc5O)ccc(O)c34)cc2)=CC=Cc2ccccc21. The fourth-order valence-corrected chi connectivity index (χ4v) is 6.45. The molecule has 1 aliphatic rings. The van der Waals surface area contributed by atoms with Crippen LogP contribution in [0.25, 0.3) is 39.1 Å². The lowest BCUT2D eigenvalue weighted by molar-refractivity contribution is 0.477. The molecule has 0 spiro atoms. The second-order valence-corrected chi connectivity index (χ2v) is 12.2. The molecule has 0 aromatic heterocycles. The van der Waals surface area contributed by atoms with E-state index in [0.29, 0.717) is 0 Å². The van der Waals surface area contributed by atoms with Crippen molar-refractivity contribution in [2.24, 2.45) is 0 Å². The van der Waals surface area contributed by atoms with Crippen LogP contribution in [0.15, 0.2) is 163 Å². The minimum absolute atomic E-state index is 0.164. The number of para-hydroxylation sites is 2. The highest BCUT2D eigenvalue weighted by atomic mass is 16.3. The molecule has 3 nitrogen and oxygen atoms in total. The number of anilines is 2. The summed E-state index contributed by atoms with van der Waals surface area (Å²) in [6.07, 6.45) is 11.0. The quantitative estimate of drug-likeness (QED) is 0.208. The zero-order valence-corrected chi connectivity index (χ0v) is 25.9. The van der Waals surface area contributed by atoms with E-state index in [1.54, 1.807) is 12.1 Å². The Morgan fingerprint density at radius 3 is 2.04 bits per heavy atom. The topological polar surface area (TPSA) is 43.7 Å². The molecular weight excluding hydrogens is 562 g/mol. The zero-order chi connectivity index (χ0) is 31.7. The highest BCUT2D eigenvalue weighted by Gasteiger charge is 2.22. The van der Waals surface area contributed by atoms with E-state index in [0.717, 1.165) is 50.1 Å². The smallest absolute Gasteiger partial charge is 0.124 e. The van der Waals surface area contributed by atoms with Crippen molar-refractivity contribution in [1.29, 1.82) is 0 Å². The van der Waals surface area contributed by atoms with Gasteiger partial charge in [0.15, 0.2) is 0 Å². The average molecular weight is 598 g/mol. The van der Waals surface area contributed by atoms with Crippen LogP contribution in [0.1, 0.15) is 25.0 Å². The Morgan fingerprint density at radius 2 is 1.24 bits per heavy atom. The van der Waals surface area contributed by atoms with Crippen molar-refractivity contribution in [3.8, 4) is 33.8 Å². The number of fused-ring (bicyclic) bond motifs is 2. The molecule has 0 saturated heterocycles. The molecule has 2 N–H and O–H groups in total. The first kappa shape index (κ1) is 28.9. The second-order valence-electron chi connectivity index (χ2n) is 12.2. The van der Waals surface area contributed by atoms with Gasteiger partial charge in [-0.25, -0.2) is 0 Å². The first-order valence-electron chi connectivity index (χ1n) is 15.6. The molecule has 0 bridgehead atoms. The van der Waals surface area contributed by atoms with Crippen molar-refractivity contribution in [3.05, 3.63) is 175 Å². The maximum atomic E-state index is 11.1. The van der Waals surface area contributed by atoms with Crippen LogP contribution in [-0.2, 0) is 5.41 Å². The van der Waals surface area contributed by atoms with Crippen molar-refractivity contribution >= 4 is 28.2 Å². The molecule has 46 heavy (non-hydrogen) atoms. The summed E-state index contributed by atoms with van der Waals surface area (Å²) in [5.74, 6) is 0.414. The zero-order valence-electron chi connectivity index (χ0n) is 25.9. The number of nitrogens with zero attached hydrogens (tertiary/aromatic N) is 1. The van der Waals surface area contributed by atoms with Crippen molar-refractivity contribution in [2.45, 2.75) is 19.3 Å². The number of hydrogen-bond donors (Lipinski definition) is 2. The van der Waals surface area contributed by atoms with E-state index in [1.807, 2.05) is 48.5 Å². The van der Waals surface area contributed by atoms with E-state index in [2.05, 4.69) is 122 Å². The molecule has 6 aromatic carbocycles. The molecule has 0 atom stereocenters. The van der Waals surface area contributed by atoms with E-state index < -0.39 is 0 Å². The summed E-state index contributed by atoms with van der Waals surface area (Å²) in [4.78, 5) is 2.27. The minimum atomic E-state index is -0.164. The summed E-state index contributed by atoms with van der Waals surface area (Å²) in [5.41, 5.74) is 8.99. The maximum Gasteiger partial charge on any atom is 0.124 e. The Labute approximate surface area is 270 Å². The monoisotopic (exact) mass is 597 g/mol. The molecule has 3 heteroatoms. The second kappa shape index (κ2) is 11.9. The first-order valence-corrected chi connectivity index (χ1v) is 15.6. The highest BCUT2D eigenvalue weighted by Crippen LogP contribution is 2.43. The lowest BCUT2D eigenvalue weighted by Gasteiger charge is -2.28. The van der Waals surface area contributed by atoms with Crippen LogP contribution in [0, 0.1) is 0 Å². The van der Waals surface area contributed by atoms with Crippen molar-refractivity contribution in [3.63, 3.8) is 0 Å². The molecule has 1 aliphatic carbocycles.